The number of aromatic nitrogens is 1. The number of nitrogens with zero attached hydrogens (tertiary/aromatic N) is 2. The van der Waals surface area contributed by atoms with Crippen LogP contribution >= 0.6 is 0 Å². The lowest BCUT2D eigenvalue weighted by Crippen LogP contribution is -1.84. The molecule has 2 rings (SSSR count). The number of rotatable bonds is 1. The molecule has 0 atom stereocenters. The molecular weight excluding hydrogens is 176 g/mol. The Morgan fingerprint density at radius 3 is 3.00 bits per heavy atom. The van der Waals surface area contributed by atoms with Gasteiger partial charge in [0.1, 0.15) is 5.75 Å². The zero-order valence-electron chi connectivity index (χ0n) is 7.69. The molecule has 0 unspecified atom stereocenters. The third kappa shape index (κ3) is 1.27. The first kappa shape index (κ1) is 8.52. The molecule has 68 valence electrons. The molecule has 0 aliphatic heterocycles. The smallest absolute Gasteiger partial charge is 0.228 e. The van der Waals surface area contributed by atoms with Crippen LogP contribution in [0, 0.1) is 6.57 Å². The molecule has 0 aliphatic carbocycles. The summed E-state index contributed by atoms with van der Waals surface area (Å²) in [5.74, 6) is 0.575. The second kappa shape index (κ2) is 3.35. The average Bonchev–Trinajstić information content (AvgIpc) is 2.27. The maximum atomic E-state index is 6.99. The zero-order valence-corrected chi connectivity index (χ0v) is 7.69. The molecule has 1 aromatic carbocycles. The van der Waals surface area contributed by atoms with Gasteiger partial charge in [-0.3, -0.25) is 4.98 Å². The van der Waals surface area contributed by atoms with Gasteiger partial charge in [0.2, 0.25) is 5.69 Å². The lowest BCUT2D eigenvalue weighted by atomic mass is 10.2. The van der Waals surface area contributed by atoms with Crippen molar-refractivity contribution < 1.29 is 4.74 Å². The van der Waals surface area contributed by atoms with E-state index in [0.717, 1.165) is 10.9 Å². The van der Waals surface area contributed by atoms with Crippen LogP contribution in [0.15, 0.2) is 30.5 Å². The Morgan fingerprint density at radius 1 is 1.43 bits per heavy atom. The van der Waals surface area contributed by atoms with Gasteiger partial charge >= 0.3 is 0 Å². The highest BCUT2D eigenvalue weighted by molar-refractivity contribution is 5.85. The summed E-state index contributed by atoms with van der Waals surface area (Å²) in [4.78, 5) is 7.57. The Kier molecular flexibility index (Phi) is 2.04. The predicted octanol–water partition coefficient (Wildman–Crippen LogP) is 2.79. The number of benzene rings is 1. The summed E-state index contributed by atoms with van der Waals surface area (Å²) in [6.07, 6.45) is 1.72. The average molecular weight is 184 g/mol. The van der Waals surface area contributed by atoms with Gasteiger partial charge in [-0.05, 0) is 23.6 Å². The molecule has 2 aromatic rings. The summed E-state index contributed by atoms with van der Waals surface area (Å²) >= 11 is 0. The Morgan fingerprint density at radius 2 is 2.29 bits per heavy atom. The number of methoxy groups -OCH3 is 1. The maximum Gasteiger partial charge on any atom is 0.228 e. The highest BCUT2D eigenvalue weighted by atomic mass is 16.5. The Balaban J connectivity index is 2.77. The van der Waals surface area contributed by atoms with Crippen LogP contribution in [-0.2, 0) is 0 Å². The standard InChI is InChI=1S/C11H8N2O/c1-12-10-6-8-4-3-5-13-9(8)7-11(10)14-2/h3-7H,2H3. The largest absolute Gasteiger partial charge is 0.508 e. The van der Waals surface area contributed by atoms with E-state index in [0.29, 0.717) is 11.4 Å². The Bertz CT molecular complexity index is 514. The summed E-state index contributed by atoms with van der Waals surface area (Å²) in [7, 11) is 1.55. The van der Waals surface area contributed by atoms with Crippen molar-refractivity contribution >= 4 is 16.6 Å². The van der Waals surface area contributed by atoms with Crippen LogP contribution in [0.3, 0.4) is 0 Å². The monoisotopic (exact) mass is 184 g/mol. The van der Waals surface area contributed by atoms with Crippen LogP contribution in [0.2, 0.25) is 0 Å². The number of ether oxygens (including phenoxy) is 1. The topological polar surface area (TPSA) is 26.5 Å². The first-order valence-electron chi connectivity index (χ1n) is 4.15. The van der Waals surface area contributed by atoms with Crippen LogP contribution in [0.25, 0.3) is 15.7 Å². The van der Waals surface area contributed by atoms with Crippen molar-refractivity contribution in [2.75, 3.05) is 7.11 Å². The van der Waals surface area contributed by atoms with E-state index in [-0.39, 0.29) is 0 Å². The molecule has 0 spiro atoms. The highest BCUT2D eigenvalue weighted by Gasteiger charge is 2.04. The number of pyridine rings is 1. The van der Waals surface area contributed by atoms with E-state index < -0.39 is 0 Å². The first-order chi connectivity index (χ1) is 6.85. The van der Waals surface area contributed by atoms with Crippen molar-refractivity contribution in [3.05, 3.63) is 41.9 Å². The molecular formula is C11H8N2O. The van der Waals surface area contributed by atoms with Gasteiger partial charge in [0.15, 0.2) is 0 Å². The quantitative estimate of drug-likeness (QED) is 0.637. The van der Waals surface area contributed by atoms with Crippen LogP contribution < -0.4 is 4.74 Å². The van der Waals surface area contributed by atoms with Crippen LogP contribution in [0.4, 0.5) is 5.69 Å². The van der Waals surface area contributed by atoms with Crippen molar-refractivity contribution in [1.29, 1.82) is 0 Å². The van der Waals surface area contributed by atoms with Gasteiger partial charge < -0.3 is 4.74 Å². The van der Waals surface area contributed by atoms with Gasteiger partial charge in [-0.25, -0.2) is 4.85 Å². The van der Waals surface area contributed by atoms with E-state index >= 15 is 0 Å². The first-order valence-corrected chi connectivity index (χ1v) is 4.15. The number of fused-ring (bicyclic) bond motifs is 1. The van der Waals surface area contributed by atoms with Gasteiger partial charge in [-0.15, -0.1) is 0 Å². The van der Waals surface area contributed by atoms with E-state index in [1.165, 1.54) is 0 Å². The summed E-state index contributed by atoms with van der Waals surface area (Å²) in [6.45, 7) is 6.99. The molecule has 0 saturated carbocycles. The van der Waals surface area contributed by atoms with E-state index in [1.54, 1.807) is 25.4 Å². The van der Waals surface area contributed by atoms with Crippen LogP contribution in [-0.4, -0.2) is 12.1 Å². The summed E-state index contributed by atoms with van der Waals surface area (Å²) < 4.78 is 5.09. The van der Waals surface area contributed by atoms with Gasteiger partial charge in [0, 0.05) is 6.20 Å². The number of hydrogen-bond acceptors (Lipinski definition) is 2. The zero-order chi connectivity index (χ0) is 9.97. The lowest BCUT2D eigenvalue weighted by Gasteiger charge is -2.03. The van der Waals surface area contributed by atoms with Crippen molar-refractivity contribution in [3.63, 3.8) is 0 Å². The molecule has 0 amide bonds. The molecule has 0 saturated heterocycles. The fourth-order valence-electron chi connectivity index (χ4n) is 1.34. The van der Waals surface area contributed by atoms with Crippen molar-refractivity contribution in [3.8, 4) is 5.75 Å². The second-order valence-corrected chi connectivity index (χ2v) is 2.83. The minimum Gasteiger partial charge on any atom is -0.508 e. The summed E-state index contributed by atoms with van der Waals surface area (Å²) in [5.41, 5.74) is 1.37. The third-order valence-corrected chi connectivity index (χ3v) is 2.02. The fourth-order valence-corrected chi connectivity index (χ4v) is 1.34. The molecule has 1 heterocycles. The summed E-state index contributed by atoms with van der Waals surface area (Å²) in [5, 5.41) is 0.958. The molecule has 0 N–H and O–H groups in total. The van der Waals surface area contributed by atoms with Crippen molar-refractivity contribution in [2.45, 2.75) is 0 Å². The van der Waals surface area contributed by atoms with Crippen molar-refractivity contribution in [1.82, 2.24) is 4.98 Å². The van der Waals surface area contributed by atoms with Gasteiger partial charge in [0.25, 0.3) is 0 Å². The van der Waals surface area contributed by atoms with Gasteiger partial charge in [-0.1, -0.05) is 6.07 Å². The Hall–Kier alpha value is -2.08. The lowest BCUT2D eigenvalue weighted by molar-refractivity contribution is 0.418. The molecule has 0 aliphatic rings. The van der Waals surface area contributed by atoms with E-state index in [4.69, 9.17) is 11.3 Å². The normalized spacial score (nSPS) is 9.71. The molecule has 3 heteroatoms. The Labute approximate surface area is 81.8 Å². The fraction of sp³-hybridized carbons (Fsp3) is 0.0909. The van der Waals surface area contributed by atoms with Crippen molar-refractivity contribution in [2.24, 2.45) is 0 Å². The minimum absolute atomic E-state index is 0.521. The number of hydrogen-bond donors (Lipinski definition) is 0. The summed E-state index contributed by atoms with van der Waals surface area (Å²) in [6, 6.07) is 7.34. The van der Waals surface area contributed by atoms with Crippen LogP contribution in [0.5, 0.6) is 5.75 Å². The minimum atomic E-state index is 0.521. The third-order valence-electron chi connectivity index (χ3n) is 2.02. The predicted molar refractivity (Wildman–Crippen MR) is 54.6 cm³/mol. The van der Waals surface area contributed by atoms with E-state index in [1.807, 2.05) is 12.1 Å². The molecule has 3 nitrogen and oxygen atoms in total. The molecule has 1 aromatic heterocycles. The van der Waals surface area contributed by atoms with Gasteiger partial charge in [0.05, 0.1) is 19.2 Å². The molecule has 14 heavy (non-hydrogen) atoms. The van der Waals surface area contributed by atoms with E-state index in [9.17, 15) is 0 Å². The molecule has 0 fully saturated rings. The maximum absolute atomic E-state index is 6.99. The van der Waals surface area contributed by atoms with E-state index in [2.05, 4.69) is 9.83 Å². The molecule has 0 radical (unpaired) electrons. The molecule has 0 bridgehead atoms. The second-order valence-electron chi connectivity index (χ2n) is 2.83. The van der Waals surface area contributed by atoms with Crippen LogP contribution in [0.1, 0.15) is 0 Å². The highest BCUT2D eigenvalue weighted by Crippen LogP contribution is 2.31. The SMILES string of the molecule is [C-]#[N+]c1cc2cccnc2cc1OC. The van der Waals surface area contributed by atoms with Gasteiger partial charge in [-0.2, -0.15) is 0 Å².